The van der Waals surface area contributed by atoms with Crippen LogP contribution < -0.4 is 5.32 Å². The molecule has 0 saturated carbocycles. The molecule has 1 amide bonds. The van der Waals surface area contributed by atoms with Gasteiger partial charge < -0.3 is 5.32 Å². The van der Waals surface area contributed by atoms with Crippen molar-refractivity contribution in [3.05, 3.63) is 66.0 Å². The van der Waals surface area contributed by atoms with Crippen LogP contribution in [0.5, 0.6) is 0 Å². The summed E-state index contributed by atoms with van der Waals surface area (Å²) >= 11 is 0. The van der Waals surface area contributed by atoms with E-state index in [0.29, 0.717) is 11.5 Å². The maximum absolute atomic E-state index is 12.1. The number of aryl methyl sites for hydroxylation is 1. The van der Waals surface area contributed by atoms with Crippen LogP contribution in [0.15, 0.2) is 54.7 Å². The number of nitrogens with one attached hydrogen (secondary N) is 2. The molecule has 0 aliphatic rings. The van der Waals surface area contributed by atoms with E-state index in [1.807, 2.05) is 49.4 Å². The Morgan fingerprint density at radius 2 is 1.95 bits per heavy atom. The van der Waals surface area contributed by atoms with E-state index in [9.17, 15) is 4.79 Å². The van der Waals surface area contributed by atoms with Gasteiger partial charge in [0.15, 0.2) is 0 Å². The summed E-state index contributed by atoms with van der Waals surface area (Å²) in [5.41, 5.74) is 3.13. The maximum atomic E-state index is 12.1. The first-order valence-electron chi connectivity index (χ1n) is 6.57. The third kappa shape index (κ3) is 2.97. The van der Waals surface area contributed by atoms with Gasteiger partial charge in [0.25, 0.3) is 5.91 Å². The fourth-order valence-electron chi connectivity index (χ4n) is 1.98. The molecule has 0 aliphatic carbocycles. The van der Waals surface area contributed by atoms with E-state index >= 15 is 0 Å². The summed E-state index contributed by atoms with van der Waals surface area (Å²) in [6, 6.07) is 15.1. The van der Waals surface area contributed by atoms with Gasteiger partial charge in [0.05, 0.1) is 5.69 Å². The molecular weight excluding hydrogens is 264 g/mol. The number of rotatable bonds is 3. The van der Waals surface area contributed by atoms with Crippen LogP contribution in [0.3, 0.4) is 0 Å². The molecule has 0 atom stereocenters. The quantitative estimate of drug-likeness (QED) is 0.773. The highest BCUT2D eigenvalue weighted by molar-refractivity contribution is 6.02. The van der Waals surface area contributed by atoms with Crippen LogP contribution in [0.2, 0.25) is 0 Å². The van der Waals surface area contributed by atoms with E-state index in [1.54, 1.807) is 12.3 Å². The molecule has 3 aromatic rings. The number of nitrogens with zero attached hydrogens (tertiary/aromatic N) is 2. The third-order valence-electron chi connectivity index (χ3n) is 3.05. The molecule has 2 aromatic heterocycles. The summed E-state index contributed by atoms with van der Waals surface area (Å²) in [5.74, 6) is 0.263. The number of aromatic nitrogens is 3. The summed E-state index contributed by atoms with van der Waals surface area (Å²) in [4.78, 5) is 16.3. The molecule has 0 bridgehead atoms. The topological polar surface area (TPSA) is 70.7 Å². The Kier molecular flexibility index (Phi) is 3.47. The Balaban J connectivity index is 1.78. The molecule has 2 N–H and O–H groups in total. The molecule has 1 aromatic carbocycles. The molecular formula is C16H14N4O. The normalized spacial score (nSPS) is 10.3. The highest BCUT2D eigenvalue weighted by atomic mass is 16.2. The second kappa shape index (κ2) is 5.58. The fraction of sp³-hybridized carbons (Fsp3) is 0.0625. The van der Waals surface area contributed by atoms with Crippen LogP contribution in [-0.2, 0) is 0 Å². The molecule has 0 saturated heterocycles. The predicted molar refractivity (Wildman–Crippen MR) is 81.0 cm³/mol. The summed E-state index contributed by atoms with van der Waals surface area (Å²) in [6.07, 6.45) is 1.66. The molecule has 21 heavy (non-hydrogen) atoms. The highest BCUT2D eigenvalue weighted by Gasteiger charge is 2.11. The Morgan fingerprint density at radius 3 is 2.71 bits per heavy atom. The first kappa shape index (κ1) is 13.1. The number of aromatic amines is 1. The summed E-state index contributed by atoms with van der Waals surface area (Å²) in [6.45, 7) is 1.95. The molecule has 2 heterocycles. The molecule has 5 nitrogen and oxygen atoms in total. The van der Waals surface area contributed by atoms with E-state index < -0.39 is 0 Å². The molecule has 0 unspecified atom stereocenters. The standard InChI is InChI=1S/C16H14N4O/c1-11-7-8-17-15(9-11)18-16(21)14-10-13(19-20-14)12-5-3-2-4-6-12/h2-10H,1H3,(H,19,20)(H,17,18,21). The van der Waals surface area contributed by atoms with Crippen molar-refractivity contribution in [2.24, 2.45) is 0 Å². The first-order valence-corrected chi connectivity index (χ1v) is 6.57. The van der Waals surface area contributed by atoms with Gasteiger partial charge in [-0.15, -0.1) is 0 Å². The minimum Gasteiger partial charge on any atom is -0.305 e. The smallest absolute Gasteiger partial charge is 0.274 e. The van der Waals surface area contributed by atoms with Crippen molar-refractivity contribution in [1.82, 2.24) is 15.2 Å². The molecule has 3 rings (SSSR count). The largest absolute Gasteiger partial charge is 0.305 e. The lowest BCUT2D eigenvalue weighted by Crippen LogP contribution is -2.13. The van der Waals surface area contributed by atoms with Gasteiger partial charge in [0, 0.05) is 11.8 Å². The fourth-order valence-corrected chi connectivity index (χ4v) is 1.98. The van der Waals surface area contributed by atoms with E-state index in [2.05, 4.69) is 20.5 Å². The predicted octanol–water partition coefficient (Wildman–Crippen LogP) is 3.03. The van der Waals surface area contributed by atoms with E-state index in [1.165, 1.54) is 0 Å². The minimum atomic E-state index is -0.261. The average molecular weight is 278 g/mol. The van der Waals surface area contributed by atoms with Gasteiger partial charge >= 0.3 is 0 Å². The van der Waals surface area contributed by atoms with Crippen molar-refractivity contribution in [2.75, 3.05) is 5.32 Å². The molecule has 0 aliphatic heterocycles. The van der Waals surface area contributed by atoms with Crippen LogP contribution in [0, 0.1) is 6.92 Å². The Bertz CT molecular complexity index is 765. The number of benzene rings is 1. The number of anilines is 1. The molecule has 5 heteroatoms. The first-order chi connectivity index (χ1) is 10.2. The van der Waals surface area contributed by atoms with Crippen molar-refractivity contribution < 1.29 is 4.79 Å². The van der Waals surface area contributed by atoms with Crippen LogP contribution in [0.1, 0.15) is 16.1 Å². The van der Waals surface area contributed by atoms with Crippen molar-refractivity contribution in [1.29, 1.82) is 0 Å². The monoisotopic (exact) mass is 278 g/mol. The van der Waals surface area contributed by atoms with Crippen molar-refractivity contribution in [3.63, 3.8) is 0 Å². The Morgan fingerprint density at radius 1 is 1.14 bits per heavy atom. The minimum absolute atomic E-state index is 0.261. The highest BCUT2D eigenvalue weighted by Crippen LogP contribution is 2.17. The summed E-state index contributed by atoms with van der Waals surface area (Å²) in [7, 11) is 0. The number of carbonyl (C=O) groups excluding carboxylic acids is 1. The molecule has 0 fully saturated rings. The van der Waals surface area contributed by atoms with E-state index in [-0.39, 0.29) is 5.91 Å². The lowest BCUT2D eigenvalue weighted by Gasteiger charge is -2.02. The molecule has 0 spiro atoms. The van der Waals surface area contributed by atoms with Crippen LogP contribution >= 0.6 is 0 Å². The zero-order valence-corrected chi connectivity index (χ0v) is 11.5. The van der Waals surface area contributed by atoms with Gasteiger partial charge in [0.1, 0.15) is 11.5 Å². The zero-order valence-electron chi connectivity index (χ0n) is 11.5. The van der Waals surface area contributed by atoms with Gasteiger partial charge in [-0.05, 0) is 30.7 Å². The number of pyridine rings is 1. The van der Waals surface area contributed by atoms with Crippen molar-refractivity contribution in [3.8, 4) is 11.3 Å². The van der Waals surface area contributed by atoms with E-state index in [0.717, 1.165) is 16.8 Å². The van der Waals surface area contributed by atoms with Gasteiger partial charge in [0.2, 0.25) is 0 Å². The summed E-state index contributed by atoms with van der Waals surface area (Å²) in [5, 5.41) is 9.65. The van der Waals surface area contributed by atoms with Crippen LogP contribution in [-0.4, -0.2) is 21.1 Å². The number of carbonyl (C=O) groups is 1. The average Bonchev–Trinajstić information content (AvgIpc) is 2.98. The number of hydrogen-bond acceptors (Lipinski definition) is 3. The second-order valence-electron chi connectivity index (χ2n) is 4.71. The van der Waals surface area contributed by atoms with Crippen LogP contribution in [0.4, 0.5) is 5.82 Å². The zero-order chi connectivity index (χ0) is 14.7. The lowest BCUT2D eigenvalue weighted by molar-refractivity contribution is 0.102. The summed E-state index contributed by atoms with van der Waals surface area (Å²) < 4.78 is 0. The molecule has 0 radical (unpaired) electrons. The van der Waals surface area contributed by atoms with Gasteiger partial charge in [-0.25, -0.2) is 4.98 Å². The van der Waals surface area contributed by atoms with E-state index in [4.69, 9.17) is 0 Å². The number of amides is 1. The number of hydrogen-bond donors (Lipinski definition) is 2. The van der Waals surface area contributed by atoms with Gasteiger partial charge in [-0.2, -0.15) is 5.10 Å². The van der Waals surface area contributed by atoms with Crippen molar-refractivity contribution >= 4 is 11.7 Å². The SMILES string of the molecule is Cc1ccnc(NC(=O)c2cc(-c3ccccc3)n[nH]2)c1. The Labute approximate surface area is 122 Å². The lowest BCUT2D eigenvalue weighted by atomic mass is 10.1. The van der Waals surface area contributed by atoms with Crippen LogP contribution in [0.25, 0.3) is 11.3 Å². The molecule has 104 valence electrons. The van der Waals surface area contributed by atoms with Gasteiger partial charge in [-0.3, -0.25) is 9.89 Å². The number of H-pyrrole nitrogens is 1. The maximum Gasteiger partial charge on any atom is 0.274 e. The Hall–Kier alpha value is -2.95. The third-order valence-corrected chi connectivity index (χ3v) is 3.05. The van der Waals surface area contributed by atoms with Gasteiger partial charge in [-0.1, -0.05) is 30.3 Å². The van der Waals surface area contributed by atoms with Crippen molar-refractivity contribution in [2.45, 2.75) is 6.92 Å². The second-order valence-corrected chi connectivity index (χ2v) is 4.71.